The van der Waals surface area contributed by atoms with Crippen molar-refractivity contribution in [3.63, 3.8) is 0 Å². The monoisotopic (exact) mass is 409 g/mol. The second-order valence-corrected chi connectivity index (χ2v) is 8.76. The first kappa shape index (κ1) is 21.7. The Morgan fingerprint density at radius 1 is 1.13 bits per heavy atom. The smallest absolute Gasteiger partial charge is 0.414 e. The molecule has 0 bridgehead atoms. The average molecular weight is 410 g/mol. The van der Waals surface area contributed by atoms with E-state index in [1.165, 1.54) is 0 Å². The van der Waals surface area contributed by atoms with Gasteiger partial charge in [0.15, 0.2) is 0 Å². The molecule has 3 rings (SSSR count). The van der Waals surface area contributed by atoms with Gasteiger partial charge in [-0.3, -0.25) is 4.90 Å². The number of nitrogens with zero attached hydrogens (tertiary/aromatic N) is 1. The number of benzene rings is 2. The highest BCUT2D eigenvalue weighted by Crippen LogP contribution is 2.31. The van der Waals surface area contributed by atoms with Crippen LogP contribution in [0.15, 0.2) is 42.5 Å². The maximum Gasteiger partial charge on any atom is 0.414 e. The zero-order valence-electron chi connectivity index (χ0n) is 18.4. The predicted molar refractivity (Wildman–Crippen MR) is 120 cm³/mol. The normalized spacial score (nSPS) is 14.5. The molecule has 2 aromatic carbocycles. The molecule has 1 unspecified atom stereocenters. The third-order valence-corrected chi connectivity index (χ3v) is 5.07. The Kier molecular flexibility index (Phi) is 6.34. The largest absolute Gasteiger partial charge is 0.443 e. The van der Waals surface area contributed by atoms with Crippen molar-refractivity contribution < 1.29 is 14.3 Å². The number of hydrogen-bond donors (Lipinski definition) is 2. The van der Waals surface area contributed by atoms with Crippen LogP contribution in [0.1, 0.15) is 56.8 Å². The first-order chi connectivity index (χ1) is 14.1. The number of amides is 3. The number of fused-ring (bicyclic) bond motifs is 1. The van der Waals surface area contributed by atoms with Crippen molar-refractivity contribution in [3.05, 3.63) is 59.2 Å². The minimum absolute atomic E-state index is 0.105. The Morgan fingerprint density at radius 3 is 2.57 bits per heavy atom. The zero-order chi connectivity index (χ0) is 21.9. The van der Waals surface area contributed by atoms with Crippen LogP contribution in [0.4, 0.5) is 21.0 Å². The van der Waals surface area contributed by atoms with Crippen molar-refractivity contribution in [2.24, 2.45) is 0 Å². The molecule has 160 valence electrons. The number of hydrogen-bond acceptors (Lipinski definition) is 3. The van der Waals surface area contributed by atoms with Gasteiger partial charge >= 0.3 is 12.1 Å². The Bertz CT molecular complexity index is 934. The molecule has 1 atom stereocenters. The van der Waals surface area contributed by atoms with E-state index >= 15 is 0 Å². The topological polar surface area (TPSA) is 70.7 Å². The molecule has 3 amide bonds. The molecule has 6 heteroatoms. The molecule has 0 aromatic heterocycles. The number of anilines is 2. The predicted octanol–water partition coefficient (Wildman–Crippen LogP) is 5.57. The van der Waals surface area contributed by atoms with Crippen molar-refractivity contribution in [1.82, 2.24) is 5.32 Å². The molecule has 2 aromatic rings. The summed E-state index contributed by atoms with van der Waals surface area (Å²) in [6, 6.07) is 13.3. The molecular formula is C24H31N3O3. The molecule has 1 aliphatic heterocycles. The van der Waals surface area contributed by atoms with Crippen molar-refractivity contribution in [2.75, 3.05) is 16.8 Å². The lowest BCUT2D eigenvalue weighted by molar-refractivity contribution is 0.0578. The van der Waals surface area contributed by atoms with Gasteiger partial charge in [-0.05, 0) is 82.3 Å². The summed E-state index contributed by atoms with van der Waals surface area (Å²) in [7, 11) is 0. The van der Waals surface area contributed by atoms with E-state index in [-0.39, 0.29) is 18.2 Å². The van der Waals surface area contributed by atoms with E-state index in [0.29, 0.717) is 12.2 Å². The maximum atomic E-state index is 12.5. The summed E-state index contributed by atoms with van der Waals surface area (Å²) in [5.41, 5.74) is 4.26. The van der Waals surface area contributed by atoms with Crippen LogP contribution in [0.3, 0.4) is 0 Å². The van der Waals surface area contributed by atoms with Gasteiger partial charge in [-0.25, -0.2) is 9.59 Å². The summed E-state index contributed by atoms with van der Waals surface area (Å²) in [6.45, 7) is 10.2. The standard InChI is InChI=1S/C24H31N3O3/c1-16-9-6-7-11-20(16)17(2)25-22(28)26-19-12-13-21-18(15-19)10-8-14-27(21)23(29)30-24(3,4)5/h6-7,9,11-13,15,17H,8,10,14H2,1-5H3,(H2,25,26,28). The Labute approximate surface area is 178 Å². The van der Waals surface area contributed by atoms with E-state index < -0.39 is 5.60 Å². The number of ether oxygens (including phenoxy) is 1. The van der Waals surface area contributed by atoms with Crippen LogP contribution in [0.2, 0.25) is 0 Å². The fourth-order valence-corrected chi connectivity index (χ4v) is 3.70. The first-order valence-electron chi connectivity index (χ1n) is 10.4. The fraction of sp³-hybridized carbons (Fsp3) is 0.417. The molecule has 0 fully saturated rings. The van der Waals surface area contributed by atoms with E-state index in [1.54, 1.807) is 4.90 Å². The zero-order valence-corrected chi connectivity index (χ0v) is 18.4. The van der Waals surface area contributed by atoms with Crippen LogP contribution >= 0.6 is 0 Å². The molecule has 0 aliphatic carbocycles. The molecule has 1 aliphatic rings. The van der Waals surface area contributed by atoms with Gasteiger partial charge < -0.3 is 15.4 Å². The van der Waals surface area contributed by atoms with Crippen molar-refractivity contribution in [2.45, 2.75) is 59.1 Å². The lowest BCUT2D eigenvalue weighted by Gasteiger charge is -2.32. The Hall–Kier alpha value is -3.02. The van der Waals surface area contributed by atoms with E-state index in [2.05, 4.69) is 10.6 Å². The number of carbonyl (C=O) groups is 2. The summed E-state index contributed by atoms with van der Waals surface area (Å²) in [5, 5.41) is 5.89. The van der Waals surface area contributed by atoms with Crippen molar-refractivity contribution in [1.29, 1.82) is 0 Å². The van der Waals surface area contributed by atoms with Crippen LogP contribution in [0.5, 0.6) is 0 Å². The maximum absolute atomic E-state index is 12.5. The minimum atomic E-state index is -0.540. The van der Waals surface area contributed by atoms with Gasteiger partial charge in [0, 0.05) is 12.2 Å². The molecule has 2 N–H and O–H groups in total. The van der Waals surface area contributed by atoms with Crippen LogP contribution in [0.25, 0.3) is 0 Å². The van der Waals surface area contributed by atoms with E-state index in [0.717, 1.165) is 35.2 Å². The van der Waals surface area contributed by atoms with E-state index in [9.17, 15) is 9.59 Å². The highest BCUT2D eigenvalue weighted by atomic mass is 16.6. The summed E-state index contributed by atoms with van der Waals surface area (Å²) in [4.78, 5) is 26.7. The second kappa shape index (κ2) is 8.78. The van der Waals surface area contributed by atoms with Gasteiger partial charge in [0.1, 0.15) is 5.60 Å². The van der Waals surface area contributed by atoms with E-state index in [4.69, 9.17) is 4.74 Å². The summed E-state index contributed by atoms with van der Waals surface area (Å²) >= 11 is 0. The lowest BCUT2D eigenvalue weighted by atomic mass is 10.0. The lowest BCUT2D eigenvalue weighted by Crippen LogP contribution is -2.39. The number of rotatable bonds is 3. The number of urea groups is 1. The van der Waals surface area contributed by atoms with Crippen LogP contribution in [-0.2, 0) is 11.2 Å². The molecule has 6 nitrogen and oxygen atoms in total. The highest BCUT2D eigenvalue weighted by molar-refractivity contribution is 5.92. The molecule has 0 radical (unpaired) electrons. The van der Waals surface area contributed by atoms with Gasteiger partial charge in [0.2, 0.25) is 0 Å². The fourth-order valence-electron chi connectivity index (χ4n) is 3.70. The van der Waals surface area contributed by atoms with Crippen LogP contribution < -0.4 is 15.5 Å². The molecule has 30 heavy (non-hydrogen) atoms. The average Bonchev–Trinajstić information content (AvgIpc) is 2.66. The quantitative estimate of drug-likeness (QED) is 0.697. The Morgan fingerprint density at radius 2 is 1.87 bits per heavy atom. The highest BCUT2D eigenvalue weighted by Gasteiger charge is 2.27. The molecule has 0 saturated carbocycles. The van der Waals surface area contributed by atoms with E-state index in [1.807, 2.05) is 77.1 Å². The van der Waals surface area contributed by atoms with Gasteiger partial charge in [0.25, 0.3) is 0 Å². The first-order valence-corrected chi connectivity index (χ1v) is 10.4. The number of aryl methyl sites for hydroxylation is 2. The molecule has 0 saturated heterocycles. The summed E-state index contributed by atoms with van der Waals surface area (Å²) < 4.78 is 5.53. The van der Waals surface area contributed by atoms with Gasteiger partial charge in [-0.15, -0.1) is 0 Å². The molecule has 0 spiro atoms. The van der Waals surface area contributed by atoms with Gasteiger partial charge in [0.05, 0.1) is 11.7 Å². The van der Waals surface area contributed by atoms with Gasteiger partial charge in [-0.1, -0.05) is 24.3 Å². The second-order valence-electron chi connectivity index (χ2n) is 8.76. The third kappa shape index (κ3) is 5.32. The van der Waals surface area contributed by atoms with Crippen LogP contribution in [-0.4, -0.2) is 24.3 Å². The number of nitrogens with one attached hydrogen (secondary N) is 2. The SMILES string of the molecule is Cc1ccccc1C(C)NC(=O)Nc1ccc2c(c1)CCCN2C(=O)OC(C)(C)C. The minimum Gasteiger partial charge on any atom is -0.443 e. The molecule has 1 heterocycles. The molecular weight excluding hydrogens is 378 g/mol. The summed E-state index contributed by atoms with van der Waals surface area (Å²) in [6.07, 6.45) is 1.37. The number of carbonyl (C=O) groups excluding carboxylic acids is 2. The third-order valence-electron chi connectivity index (χ3n) is 5.07. The van der Waals surface area contributed by atoms with Crippen molar-refractivity contribution >= 4 is 23.5 Å². The Balaban J connectivity index is 1.68. The van der Waals surface area contributed by atoms with Crippen molar-refractivity contribution in [3.8, 4) is 0 Å². The van der Waals surface area contributed by atoms with Gasteiger partial charge in [-0.2, -0.15) is 0 Å². The van der Waals surface area contributed by atoms with Crippen LogP contribution in [0, 0.1) is 6.92 Å². The summed E-state index contributed by atoms with van der Waals surface area (Å²) in [5.74, 6) is 0.